The Morgan fingerprint density at radius 1 is 1.06 bits per heavy atom. The number of aromatic nitrogens is 1. The van der Waals surface area contributed by atoms with Crippen LogP contribution in [0.2, 0.25) is 0 Å². The number of aromatic amines is 1. The number of azo groups is 1. The van der Waals surface area contributed by atoms with Gasteiger partial charge in [0.05, 0.1) is 17.5 Å². The number of nitrogens with zero attached hydrogens (tertiary/aromatic N) is 3. The number of aromatic hydroxyl groups is 1. The van der Waals surface area contributed by atoms with Gasteiger partial charge in [0.25, 0.3) is 5.91 Å². The molecule has 9 nitrogen and oxygen atoms in total. The van der Waals surface area contributed by atoms with E-state index >= 15 is 0 Å². The molecule has 0 aliphatic carbocycles. The number of fused-ring (bicyclic) bond motifs is 1. The Bertz CT molecular complexity index is 1500. The number of ether oxygens (including phenoxy) is 1. The number of para-hydroxylation sites is 1. The second-order valence-electron chi connectivity index (χ2n) is 7.69. The molecule has 0 fully saturated rings. The number of benzene rings is 3. The molecule has 1 aromatic heterocycles. The number of halogens is 1. The summed E-state index contributed by atoms with van der Waals surface area (Å²) in [5.41, 5.74) is 0.953. The van der Waals surface area contributed by atoms with E-state index in [4.69, 9.17) is 4.74 Å². The molecule has 35 heavy (non-hydrogen) atoms. The molecule has 0 saturated heterocycles. The maximum atomic E-state index is 12.8. The van der Waals surface area contributed by atoms with Crippen LogP contribution in [-0.4, -0.2) is 36.7 Å². The Morgan fingerprint density at radius 2 is 1.71 bits per heavy atom. The van der Waals surface area contributed by atoms with Crippen LogP contribution in [0.4, 0.5) is 11.4 Å². The Labute approximate surface area is 210 Å². The molecule has 0 spiro atoms. The number of carbonyl (C=O) groups excluding carboxylic acids is 1. The van der Waals surface area contributed by atoms with E-state index in [0.717, 1.165) is 15.0 Å². The Balaban J connectivity index is 1.58. The number of hydrogen-bond acceptors (Lipinski definition) is 6. The van der Waals surface area contributed by atoms with Gasteiger partial charge < -0.3 is 14.8 Å². The van der Waals surface area contributed by atoms with Crippen molar-refractivity contribution in [3.8, 4) is 17.4 Å². The van der Waals surface area contributed by atoms with Crippen LogP contribution in [0.1, 0.15) is 6.92 Å². The largest absolute Gasteiger partial charge is 0.493 e. The summed E-state index contributed by atoms with van der Waals surface area (Å²) in [5, 5.41) is 18.3. The highest BCUT2D eigenvalue weighted by Gasteiger charge is 2.29. The van der Waals surface area contributed by atoms with Crippen LogP contribution >= 0.6 is 15.9 Å². The van der Waals surface area contributed by atoms with Gasteiger partial charge in [0.15, 0.2) is 5.69 Å². The van der Waals surface area contributed by atoms with Crippen molar-refractivity contribution in [2.75, 3.05) is 10.6 Å². The summed E-state index contributed by atoms with van der Waals surface area (Å²) in [7, 11) is -3.85. The molecule has 1 heterocycles. The fraction of sp³-hybridized carbons (Fsp3) is 0.125. The normalized spacial score (nSPS) is 12.7. The minimum atomic E-state index is -3.85. The number of anilines is 1. The van der Waals surface area contributed by atoms with Crippen LogP contribution in [0.5, 0.6) is 17.4 Å². The number of H-pyrrole nitrogens is 1. The maximum Gasteiger partial charge on any atom is 0.287 e. The quantitative estimate of drug-likeness (QED) is 0.274. The van der Waals surface area contributed by atoms with Crippen LogP contribution < -0.4 is 9.04 Å². The third-order valence-electron chi connectivity index (χ3n) is 5.10. The first-order chi connectivity index (χ1) is 16.6. The Hall–Kier alpha value is -3.70. The van der Waals surface area contributed by atoms with Crippen LogP contribution in [0.3, 0.4) is 0 Å². The lowest BCUT2D eigenvalue weighted by Gasteiger charge is -2.26. The zero-order valence-electron chi connectivity index (χ0n) is 18.7. The van der Waals surface area contributed by atoms with Crippen molar-refractivity contribution < 1.29 is 23.1 Å². The smallest absolute Gasteiger partial charge is 0.287 e. The second kappa shape index (κ2) is 9.88. The Morgan fingerprint density at radius 3 is 2.37 bits per heavy atom. The zero-order valence-corrected chi connectivity index (χ0v) is 21.1. The number of hydrogen-bond donors (Lipinski definition) is 2. The van der Waals surface area contributed by atoms with Gasteiger partial charge in [-0.2, -0.15) is 0 Å². The summed E-state index contributed by atoms with van der Waals surface area (Å²) < 4.78 is 32.6. The molecule has 0 bridgehead atoms. The number of amides is 1. The van der Waals surface area contributed by atoms with Crippen molar-refractivity contribution in [1.29, 1.82) is 0 Å². The van der Waals surface area contributed by atoms with Gasteiger partial charge >= 0.3 is 0 Å². The highest BCUT2D eigenvalue weighted by molar-refractivity contribution is 9.10. The molecule has 0 unspecified atom stereocenters. The summed E-state index contributed by atoms with van der Waals surface area (Å²) in [6, 6.07) is 19.5. The van der Waals surface area contributed by atoms with E-state index in [1.807, 2.05) is 18.2 Å². The minimum Gasteiger partial charge on any atom is -0.493 e. The lowest BCUT2D eigenvalue weighted by molar-refractivity contribution is -0.119. The van der Waals surface area contributed by atoms with Crippen molar-refractivity contribution in [3.05, 3.63) is 77.3 Å². The van der Waals surface area contributed by atoms with E-state index in [0.29, 0.717) is 22.4 Å². The van der Waals surface area contributed by atoms with Gasteiger partial charge in [0.1, 0.15) is 17.5 Å². The highest BCUT2D eigenvalue weighted by atomic mass is 79.9. The topological polar surface area (TPSA) is 124 Å². The molecule has 180 valence electrons. The second-order valence-corrected chi connectivity index (χ2v) is 10.5. The van der Waals surface area contributed by atoms with E-state index < -0.39 is 22.0 Å². The molecule has 4 rings (SSSR count). The standard InChI is InChI=1S/C24H21BrN4O5S/c1-15(23(30)28-27-22-20-14-16(25)8-13-21(20)26-24(22)31)29(35(2,32)33)17-9-11-19(12-10-17)34-18-6-4-3-5-7-18/h3-15,26,31H,1-2H3/t15-/m1/s1. The number of carbonyl (C=O) groups is 1. The first-order valence-electron chi connectivity index (χ1n) is 10.4. The van der Waals surface area contributed by atoms with E-state index in [9.17, 15) is 18.3 Å². The molecule has 1 amide bonds. The molecule has 0 saturated carbocycles. The molecule has 3 aromatic carbocycles. The van der Waals surface area contributed by atoms with Gasteiger partial charge in [-0.05, 0) is 61.5 Å². The molecule has 0 aliphatic heterocycles. The van der Waals surface area contributed by atoms with Gasteiger partial charge in [0.2, 0.25) is 15.9 Å². The molecule has 0 radical (unpaired) electrons. The first-order valence-corrected chi connectivity index (χ1v) is 13.1. The van der Waals surface area contributed by atoms with Gasteiger partial charge in [-0.25, -0.2) is 8.42 Å². The molecular formula is C24H21BrN4O5S. The van der Waals surface area contributed by atoms with Gasteiger partial charge in [-0.15, -0.1) is 10.2 Å². The van der Waals surface area contributed by atoms with E-state index in [-0.39, 0.29) is 17.3 Å². The predicted molar refractivity (Wildman–Crippen MR) is 137 cm³/mol. The van der Waals surface area contributed by atoms with E-state index in [1.54, 1.807) is 54.6 Å². The summed E-state index contributed by atoms with van der Waals surface area (Å²) in [6.07, 6.45) is 1.01. The maximum absolute atomic E-state index is 12.8. The number of sulfonamides is 1. The summed E-state index contributed by atoms with van der Waals surface area (Å²) in [5.74, 6) is 0.0878. The molecule has 11 heteroatoms. The third kappa shape index (κ3) is 5.52. The third-order valence-corrected chi connectivity index (χ3v) is 6.83. The minimum absolute atomic E-state index is 0.0789. The van der Waals surface area contributed by atoms with Crippen LogP contribution in [0.25, 0.3) is 10.9 Å². The Kier molecular flexibility index (Phi) is 6.90. The zero-order chi connectivity index (χ0) is 25.2. The van der Waals surface area contributed by atoms with Gasteiger partial charge in [0, 0.05) is 9.86 Å². The van der Waals surface area contributed by atoms with E-state index in [2.05, 4.69) is 31.1 Å². The lowest BCUT2D eigenvalue weighted by Crippen LogP contribution is -2.42. The SMILES string of the molecule is C[C@H](C(=O)N=Nc1c(O)[nH]c2ccc(Br)cc12)N(c1ccc(Oc2ccccc2)cc1)S(C)(=O)=O. The molecule has 1 atom stereocenters. The summed E-state index contributed by atoms with van der Waals surface area (Å²) in [4.78, 5) is 15.6. The predicted octanol–water partition coefficient (Wildman–Crippen LogP) is 5.89. The summed E-state index contributed by atoms with van der Waals surface area (Å²) >= 11 is 3.35. The fourth-order valence-corrected chi connectivity index (χ4v) is 5.04. The average Bonchev–Trinajstić information content (AvgIpc) is 3.12. The van der Waals surface area contributed by atoms with Crippen molar-refractivity contribution >= 4 is 54.1 Å². The van der Waals surface area contributed by atoms with Gasteiger partial charge in [-0.1, -0.05) is 34.1 Å². The lowest BCUT2D eigenvalue weighted by atomic mass is 10.2. The van der Waals surface area contributed by atoms with Crippen molar-refractivity contribution in [1.82, 2.24) is 4.98 Å². The molecule has 2 N–H and O–H groups in total. The number of nitrogens with one attached hydrogen (secondary N) is 1. The molecular weight excluding hydrogens is 536 g/mol. The monoisotopic (exact) mass is 556 g/mol. The van der Waals surface area contributed by atoms with Crippen LogP contribution in [0, 0.1) is 0 Å². The average molecular weight is 557 g/mol. The van der Waals surface area contributed by atoms with E-state index in [1.165, 1.54) is 6.92 Å². The molecule has 0 aliphatic rings. The molecule has 4 aromatic rings. The highest BCUT2D eigenvalue weighted by Crippen LogP contribution is 2.37. The first kappa shape index (κ1) is 24.4. The van der Waals surface area contributed by atoms with Gasteiger partial charge in [-0.3, -0.25) is 9.10 Å². The van der Waals surface area contributed by atoms with Crippen molar-refractivity contribution in [2.24, 2.45) is 10.2 Å². The van der Waals surface area contributed by atoms with Crippen LogP contribution in [-0.2, 0) is 14.8 Å². The van der Waals surface area contributed by atoms with Crippen molar-refractivity contribution in [2.45, 2.75) is 13.0 Å². The van der Waals surface area contributed by atoms with Crippen molar-refractivity contribution in [3.63, 3.8) is 0 Å². The number of rotatable bonds is 7. The fourth-order valence-electron chi connectivity index (χ4n) is 3.51. The van der Waals surface area contributed by atoms with Crippen LogP contribution in [0.15, 0.2) is 87.5 Å². The summed E-state index contributed by atoms with van der Waals surface area (Å²) in [6.45, 7) is 1.42.